The molecule has 0 saturated carbocycles. The summed E-state index contributed by atoms with van der Waals surface area (Å²) in [7, 11) is 0. The zero-order chi connectivity index (χ0) is 22.9. The highest BCUT2D eigenvalue weighted by Gasteiger charge is 2.32. The first kappa shape index (κ1) is 21.6. The topological polar surface area (TPSA) is 119 Å². The van der Waals surface area contributed by atoms with Crippen molar-refractivity contribution in [2.75, 3.05) is 5.32 Å². The van der Waals surface area contributed by atoms with E-state index in [-0.39, 0.29) is 28.8 Å². The van der Waals surface area contributed by atoms with Gasteiger partial charge in [0.15, 0.2) is 5.69 Å². The van der Waals surface area contributed by atoms with E-state index in [0.717, 1.165) is 23.9 Å². The van der Waals surface area contributed by atoms with Crippen LogP contribution in [-0.2, 0) is 15.8 Å². The maximum absolute atomic E-state index is 12.8. The maximum atomic E-state index is 12.8. The maximum Gasteiger partial charge on any atom is 0.416 e. The number of hydrogen-bond donors (Lipinski definition) is 3. The lowest BCUT2D eigenvalue weighted by Crippen LogP contribution is -2.21. The normalized spacial score (nSPS) is 16.7. The highest BCUT2D eigenvalue weighted by molar-refractivity contribution is 8.15. The molecule has 0 saturated heterocycles. The van der Waals surface area contributed by atoms with Gasteiger partial charge >= 0.3 is 6.18 Å². The van der Waals surface area contributed by atoms with Crippen LogP contribution in [0, 0.1) is 0 Å². The Morgan fingerprint density at radius 3 is 2.75 bits per heavy atom. The number of amidine groups is 1. The Kier molecular flexibility index (Phi) is 5.70. The average Bonchev–Trinajstić information content (AvgIpc) is 3.24. The number of nitrogens with one attached hydrogen (secondary N) is 2. The molecule has 12 heteroatoms. The van der Waals surface area contributed by atoms with E-state index in [9.17, 15) is 27.9 Å². The van der Waals surface area contributed by atoms with Gasteiger partial charge in [-0.15, -0.1) is 10.2 Å². The summed E-state index contributed by atoms with van der Waals surface area (Å²) in [5, 5.41) is 19.9. The number of thioether (sulfide) groups is 1. The zero-order valence-electron chi connectivity index (χ0n) is 16.1. The lowest BCUT2D eigenvalue weighted by Gasteiger charge is -2.11. The number of fused-ring (bicyclic) bond motifs is 1. The van der Waals surface area contributed by atoms with Crippen LogP contribution in [-0.4, -0.2) is 32.3 Å². The Labute approximate surface area is 182 Å². The number of aromatic nitrogens is 1. The number of anilines is 1. The number of rotatable bonds is 4. The molecule has 2 aromatic carbocycles. The summed E-state index contributed by atoms with van der Waals surface area (Å²) in [6, 6.07) is 11.2. The van der Waals surface area contributed by atoms with Crippen LogP contribution in [0.15, 0.2) is 63.8 Å². The lowest BCUT2D eigenvalue weighted by atomic mass is 10.2. The summed E-state index contributed by atoms with van der Waals surface area (Å²) < 4.78 is 38.4. The van der Waals surface area contributed by atoms with Crippen molar-refractivity contribution < 1.29 is 27.9 Å². The number of azo groups is 1. The second kappa shape index (κ2) is 8.46. The minimum Gasteiger partial charge on any atom is -0.493 e. The number of carbonyl (C=O) groups excluding carboxylic acids is 2. The van der Waals surface area contributed by atoms with Gasteiger partial charge in [0, 0.05) is 17.5 Å². The van der Waals surface area contributed by atoms with Crippen molar-refractivity contribution in [2.45, 2.75) is 17.8 Å². The number of amides is 2. The van der Waals surface area contributed by atoms with Gasteiger partial charge in [0.1, 0.15) is 5.25 Å². The highest BCUT2D eigenvalue weighted by Crippen LogP contribution is 2.36. The van der Waals surface area contributed by atoms with E-state index in [1.807, 2.05) is 0 Å². The van der Waals surface area contributed by atoms with Crippen LogP contribution in [0.1, 0.15) is 12.0 Å². The van der Waals surface area contributed by atoms with Crippen LogP contribution in [0.25, 0.3) is 10.9 Å². The number of benzene rings is 2. The fraction of sp³-hybridized carbons (Fsp3) is 0.150. The number of H-pyrrole nitrogens is 1. The lowest BCUT2D eigenvalue weighted by molar-refractivity contribution is -0.137. The van der Waals surface area contributed by atoms with Gasteiger partial charge in [-0.2, -0.15) is 18.2 Å². The Bertz CT molecular complexity index is 1270. The van der Waals surface area contributed by atoms with E-state index in [4.69, 9.17) is 0 Å². The predicted octanol–water partition coefficient (Wildman–Crippen LogP) is 5.00. The Morgan fingerprint density at radius 1 is 1.19 bits per heavy atom. The van der Waals surface area contributed by atoms with Gasteiger partial charge in [0.2, 0.25) is 17.0 Å². The summed E-state index contributed by atoms with van der Waals surface area (Å²) in [4.78, 5) is 30.8. The molecule has 4 rings (SSSR count). The first-order chi connectivity index (χ1) is 15.2. The third-order valence-corrected chi connectivity index (χ3v) is 5.51. The molecule has 1 aliphatic rings. The molecule has 0 bridgehead atoms. The largest absolute Gasteiger partial charge is 0.493 e. The zero-order valence-corrected chi connectivity index (χ0v) is 16.9. The minimum atomic E-state index is -4.54. The molecule has 1 aromatic heterocycles. The number of para-hydroxylation sites is 1. The van der Waals surface area contributed by atoms with E-state index in [1.54, 1.807) is 24.3 Å². The first-order valence-electron chi connectivity index (χ1n) is 9.18. The molecule has 0 aliphatic carbocycles. The van der Waals surface area contributed by atoms with Crippen molar-refractivity contribution in [1.29, 1.82) is 0 Å². The molecule has 8 nitrogen and oxygen atoms in total. The molecule has 0 fully saturated rings. The van der Waals surface area contributed by atoms with Gasteiger partial charge in [-0.1, -0.05) is 36.0 Å². The van der Waals surface area contributed by atoms with Gasteiger partial charge in [-0.3, -0.25) is 9.59 Å². The number of aromatic amines is 1. The molecule has 3 N–H and O–H groups in total. The van der Waals surface area contributed by atoms with Gasteiger partial charge in [-0.05, 0) is 24.3 Å². The fourth-order valence-electron chi connectivity index (χ4n) is 3.01. The summed E-state index contributed by atoms with van der Waals surface area (Å²) in [6.07, 6.45) is -4.84. The molecule has 1 aliphatic heterocycles. The van der Waals surface area contributed by atoms with E-state index in [2.05, 4.69) is 25.5 Å². The van der Waals surface area contributed by atoms with E-state index >= 15 is 0 Å². The van der Waals surface area contributed by atoms with E-state index in [0.29, 0.717) is 10.9 Å². The molecule has 164 valence electrons. The number of nitrogens with zero attached hydrogens (tertiary/aromatic N) is 3. The van der Waals surface area contributed by atoms with E-state index < -0.39 is 28.8 Å². The quantitative estimate of drug-likeness (QED) is 0.474. The third-order valence-electron chi connectivity index (χ3n) is 4.47. The van der Waals surface area contributed by atoms with Gasteiger partial charge < -0.3 is 15.4 Å². The van der Waals surface area contributed by atoms with Crippen LogP contribution in [0.4, 0.5) is 24.5 Å². The molecule has 1 unspecified atom stereocenters. The SMILES string of the molecule is O=C(CC1SC(N=Nc2c(O)[nH]c3ccccc23)=NC1=O)Nc1cccc(C(F)(F)F)c1. The van der Waals surface area contributed by atoms with Crippen molar-refractivity contribution in [2.24, 2.45) is 15.2 Å². The monoisotopic (exact) mass is 461 g/mol. The van der Waals surface area contributed by atoms with Crippen molar-refractivity contribution in [3.05, 3.63) is 54.1 Å². The summed E-state index contributed by atoms with van der Waals surface area (Å²) in [6.45, 7) is 0. The van der Waals surface area contributed by atoms with Gasteiger partial charge in [0.25, 0.3) is 5.91 Å². The van der Waals surface area contributed by atoms with Gasteiger partial charge in [-0.25, -0.2) is 0 Å². The summed E-state index contributed by atoms with van der Waals surface area (Å²) in [5.74, 6) is -1.44. The smallest absolute Gasteiger partial charge is 0.416 e. The second-order valence-corrected chi connectivity index (χ2v) is 7.91. The van der Waals surface area contributed by atoms with Gasteiger partial charge in [0.05, 0.1) is 11.1 Å². The number of aliphatic imine (C=N–C) groups is 1. The Morgan fingerprint density at radius 2 is 1.97 bits per heavy atom. The molecule has 2 heterocycles. The molecule has 3 aromatic rings. The van der Waals surface area contributed by atoms with Crippen molar-refractivity contribution in [1.82, 2.24) is 4.98 Å². The minimum absolute atomic E-state index is 0.0107. The highest BCUT2D eigenvalue weighted by atomic mass is 32.2. The van der Waals surface area contributed by atoms with Crippen molar-refractivity contribution in [3.8, 4) is 5.88 Å². The molecule has 32 heavy (non-hydrogen) atoms. The van der Waals surface area contributed by atoms with Crippen LogP contribution in [0.2, 0.25) is 0 Å². The number of carbonyl (C=O) groups is 2. The van der Waals surface area contributed by atoms with Crippen LogP contribution < -0.4 is 5.32 Å². The first-order valence-corrected chi connectivity index (χ1v) is 10.1. The Balaban J connectivity index is 1.39. The molecule has 1 atom stereocenters. The second-order valence-electron chi connectivity index (χ2n) is 6.74. The number of halogens is 3. The predicted molar refractivity (Wildman–Crippen MR) is 113 cm³/mol. The standard InChI is InChI=1S/C20H14F3N5O3S/c21-20(22,23)10-4-3-5-11(8-10)24-15(29)9-14-17(30)26-19(32-14)28-27-16-12-6-1-2-7-13(12)25-18(16)31/h1-8,14,25,31H,9H2,(H,24,29). The fourth-order valence-corrected chi connectivity index (χ4v) is 3.88. The average molecular weight is 461 g/mol. The number of aromatic hydroxyl groups is 1. The Hall–Kier alpha value is -3.67. The van der Waals surface area contributed by atoms with Crippen LogP contribution in [0.3, 0.4) is 0 Å². The summed E-state index contributed by atoms with van der Waals surface area (Å²) >= 11 is 0.906. The molecule has 0 spiro atoms. The van der Waals surface area contributed by atoms with E-state index in [1.165, 1.54) is 12.1 Å². The van der Waals surface area contributed by atoms with Crippen LogP contribution >= 0.6 is 11.8 Å². The summed E-state index contributed by atoms with van der Waals surface area (Å²) in [5.41, 5.74) is -0.0913. The van der Waals surface area contributed by atoms with Crippen LogP contribution in [0.5, 0.6) is 5.88 Å². The number of hydrogen-bond acceptors (Lipinski definition) is 6. The molecular weight excluding hydrogens is 447 g/mol. The third kappa shape index (κ3) is 4.64. The molecular formula is C20H14F3N5O3S. The molecule has 0 radical (unpaired) electrons. The molecule has 2 amide bonds. The number of alkyl halides is 3. The van der Waals surface area contributed by atoms with Crippen molar-refractivity contribution >= 4 is 51.0 Å². The van der Waals surface area contributed by atoms with Crippen molar-refractivity contribution in [3.63, 3.8) is 0 Å².